The molecule has 1 unspecified atom stereocenters. The largest absolute Gasteiger partial charge is 0.356 e. The molecule has 1 atom stereocenters. The number of anilines is 1. The highest BCUT2D eigenvalue weighted by molar-refractivity contribution is 5.51. The predicted octanol–water partition coefficient (Wildman–Crippen LogP) is 6.94. The highest BCUT2D eigenvalue weighted by atomic mass is 15.4. The maximum atomic E-state index is 2.47. The van der Waals surface area contributed by atoms with Crippen LogP contribution in [0.5, 0.6) is 0 Å². The second-order valence-corrected chi connectivity index (χ2v) is 7.45. The Kier molecular flexibility index (Phi) is 9.54. The summed E-state index contributed by atoms with van der Waals surface area (Å²) >= 11 is 0. The van der Waals surface area contributed by atoms with Gasteiger partial charge >= 0.3 is 0 Å². The van der Waals surface area contributed by atoms with E-state index in [4.69, 9.17) is 0 Å². The first-order chi connectivity index (χ1) is 12.3. The molecular formula is C23H38N2. The van der Waals surface area contributed by atoms with E-state index in [2.05, 4.69) is 66.4 Å². The van der Waals surface area contributed by atoms with Gasteiger partial charge < -0.3 is 9.80 Å². The fourth-order valence-electron chi connectivity index (χ4n) is 3.69. The van der Waals surface area contributed by atoms with E-state index >= 15 is 0 Å². The third kappa shape index (κ3) is 7.13. The van der Waals surface area contributed by atoms with Crippen LogP contribution in [0.2, 0.25) is 0 Å². The predicted molar refractivity (Wildman–Crippen MR) is 111 cm³/mol. The van der Waals surface area contributed by atoms with Crippen molar-refractivity contribution in [3.05, 3.63) is 42.7 Å². The molecule has 140 valence electrons. The monoisotopic (exact) mass is 342 g/mol. The fourth-order valence-corrected chi connectivity index (χ4v) is 3.69. The highest BCUT2D eigenvalue weighted by Crippen LogP contribution is 2.24. The summed E-state index contributed by atoms with van der Waals surface area (Å²) in [5.41, 5.74) is 1.28. The van der Waals surface area contributed by atoms with Crippen molar-refractivity contribution >= 4 is 5.69 Å². The molecule has 0 bridgehead atoms. The number of nitrogens with zero attached hydrogens (tertiary/aromatic N) is 2. The Bertz CT molecular complexity index is 468. The lowest BCUT2D eigenvalue weighted by Gasteiger charge is -2.29. The van der Waals surface area contributed by atoms with Gasteiger partial charge in [0, 0.05) is 24.6 Å². The van der Waals surface area contributed by atoms with Gasteiger partial charge in [0.1, 0.15) is 6.17 Å². The summed E-state index contributed by atoms with van der Waals surface area (Å²) in [6.45, 7) is 5.77. The zero-order valence-corrected chi connectivity index (χ0v) is 16.5. The zero-order valence-electron chi connectivity index (χ0n) is 16.5. The van der Waals surface area contributed by atoms with Crippen molar-refractivity contribution in [3.63, 3.8) is 0 Å². The van der Waals surface area contributed by atoms with Gasteiger partial charge in [-0.05, 0) is 25.5 Å². The van der Waals surface area contributed by atoms with Crippen molar-refractivity contribution < 1.29 is 0 Å². The maximum Gasteiger partial charge on any atom is 0.102 e. The SMILES string of the molecule is CCCCCCCCCCCCCN1C=CN(c2ccccc2)C1C. The first-order valence-corrected chi connectivity index (χ1v) is 10.6. The van der Waals surface area contributed by atoms with Gasteiger partial charge in [-0.3, -0.25) is 0 Å². The molecule has 0 amide bonds. The molecule has 1 aliphatic heterocycles. The summed E-state index contributed by atoms with van der Waals surface area (Å²) in [5.74, 6) is 0. The molecule has 0 saturated heterocycles. The first-order valence-electron chi connectivity index (χ1n) is 10.6. The Morgan fingerprint density at radius 3 is 1.88 bits per heavy atom. The number of benzene rings is 1. The third-order valence-corrected chi connectivity index (χ3v) is 5.38. The molecule has 1 aromatic rings. The van der Waals surface area contributed by atoms with Crippen LogP contribution < -0.4 is 4.90 Å². The second-order valence-electron chi connectivity index (χ2n) is 7.45. The third-order valence-electron chi connectivity index (χ3n) is 5.38. The van der Waals surface area contributed by atoms with Crippen molar-refractivity contribution in [2.75, 3.05) is 11.4 Å². The maximum absolute atomic E-state index is 2.47. The average molecular weight is 343 g/mol. The Hall–Kier alpha value is -1.44. The number of para-hydroxylation sites is 1. The molecule has 2 heteroatoms. The normalized spacial score (nSPS) is 16.8. The molecule has 1 aliphatic rings. The Labute approximate surface area is 155 Å². The Morgan fingerprint density at radius 2 is 1.28 bits per heavy atom. The van der Waals surface area contributed by atoms with Gasteiger partial charge in [-0.25, -0.2) is 0 Å². The standard InChI is InChI=1S/C23H38N2/c1-3-4-5-6-7-8-9-10-11-12-16-19-24-20-21-25(22(24)2)23-17-14-13-15-18-23/h13-15,17-18,20-22H,3-12,16,19H2,1-2H3. The molecule has 0 aliphatic carbocycles. The van der Waals surface area contributed by atoms with Crippen LogP contribution in [0.1, 0.15) is 84.5 Å². The summed E-state index contributed by atoms with van der Waals surface area (Å²) in [4.78, 5) is 4.83. The van der Waals surface area contributed by atoms with E-state index in [1.165, 1.54) is 82.9 Å². The topological polar surface area (TPSA) is 6.48 Å². The van der Waals surface area contributed by atoms with Gasteiger partial charge in [-0.15, -0.1) is 0 Å². The quantitative estimate of drug-likeness (QED) is 0.358. The van der Waals surface area contributed by atoms with Crippen LogP contribution >= 0.6 is 0 Å². The van der Waals surface area contributed by atoms with E-state index in [1.54, 1.807) is 0 Å². The number of hydrogen-bond donors (Lipinski definition) is 0. The van der Waals surface area contributed by atoms with Crippen molar-refractivity contribution in [3.8, 4) is 0 Å². The van der Waals surface area contributed by atoms with Crippen LogP contribution in [0.15, 0.2) is 42.7 Å². The van der Waals surface area contributed by atoms with Crippen molar-refractivity contribution in [1.29, 1.82) is 0 Å². The molecular weight excluding hydrogens is 304 g/mol. The molecule has 0 saturated carbocycles. The summed E-state index contributed by atoms with van der Waals surface area (Å²) in [6, 6.07) is 10.7. The molecule has 25 heavy (non-hydrogen) atoms. The smallest absolute Gasteiger partial charge is 0.102 e. The minimum absolute atomic E-state index is 0.436. The number of rotatable bonds is 13. The lowest BCUT2D eigenvalue weighted by molar-refractivity contribution is 0.309. The first kappa shape index (κ1) is 19.9. The van der Waals surface area contributed by atoms with Crippen molar-refractivity contribution in [2.24, 2.45) is 0 Å². The number of unbranched alkanes of at least 4 members (excludes halogenated alkanes) is 10. The summed E-state index contributed by atoms with van der Waals surface area (Å²) in [7, 11) is 0. The van der Waals surface area contributed by atoms with E-state index < -0.39 is 0 Å². The Balaban J connectivity index is 1.48. The number of hydrogen-bond acceptors (Lipinski definition) is 2. The second kappa shape index (κ2) is 12.0. The van der Waals surface area contributed by atoms with Crippen LogP contribution in [0, 0.1) is 0 Å². The van der Waals surface area contributed by atoms with E-state index in [9.17, 15) is 0 Å². The molecule has 0 aromatic heterocycles. The van der Waals surface area contributed by atoms with Crippen molar-refractivity contribution in [2.45, 2.75) is 90.6 Å². The minimum atomic E-state index is 0.436. The molecule has 0 radical (unpaired) electrons. The van der Waals surface area contributed by atoms with Crippen LogP contribution in [-0.4, -0.2) is 17.6 Å². The van der Waals surface area contributed by atoms with Gasteiger partial charge in [0.05, 0.1) is 0 Å². The molecule has 2 rings (SSSR count). The summed E-state index contributed by atoms with van der Waals surface area (Å²) in [5, 5.41) is 0. The molecule has 0 fully saturated rings. The van der Waals surface area contributed by atoms with E-state index in [-0.39, 0.29) is 0 Å². The minimum Gasteiger partial charge on any atom is -0.356 e. The molecule has 0 N–H and O–H groups in total. The van der Waals surface area contributed by atoms with Gasteiger partial charge in [0.25, 0.3) is 0 Å². The highest BCUT2D eigenvalue weighted by Gasteiger charge is 2.22. The zero-order chi connectivity index (χ0) is 17.7. The van der Waals surface area contributed by atoms with E-state index in [1.807, 2.05) is 0 Å². The van der Waals surface area contributed by atoms with Crippen LogP contribution in [0.4, 0.5) is 5.69 Å². The van der Waals surface area contributed by atoms with Gasteiger partial charge in [0.2, 0.25) is 0 Å². The molecule has 1 heterocycles. The molecule has 1 aromatic carbocycles. The van der Waals surface area contributed by atoms with Gasteiger partial charge in [-0.2, -0.15) is 0 Å². The Morgan fingerprint density at radius 1 is 0.720 bits per heavy atom. The van der Waals surface area contributed by atoms with Gasteiger partial charge in [0.15, 0.2) is 0 Å². The summed E-state index contributed by atoms with van der Waals surface area (Å²) in [6.07, 6.45) is 20.4. The van der Waals surface area contributed by atoms with Crippen LogP contribution in [0.25, 0.3) is 0 Å². The lowest BCUT2D eigenvalue weighted by atomic mass is 10.1. The molecule has 2 nitrogen and oxygen atoms in total. The van der Waals surface area contributed by atoms with Gasteiger partial charge in [-0.1, -0.05) is 89.3 Å². The van der Waals surface area contributed by atoms with Crippen LogP contribution in [0.3, 0.4) is 0 Å². The van der Waals surface area contributed by atoms with Crippen molar-refractivity contribution in [1.82, 2.24) is 4.90 Å². The van der Waals surface area contributed by atoms with E-state index in [0.29, 0.717) is 6.17 Å². The van der Waals surface area contributed by atoms with Crippen LogP contribution in [-0.2, 0) is 0 Å². The lowest BCUT2D eigenvalue weighted by Crippen LogP contribution is -2.36. The average Bonchev–Trinajstić information content (AvgIpc) is 3.01. The fraction of sp³-hybridized carbons (Fsp3) is 0.652. The molecule has 0 spiro atoms. The van der Waals surface area contributed by atoms with E-state index in [0.717, 1.165) is 0 Å². The summed E-state index contributed by atoms with van der Waals surface area (Å²) < 4.78 is 0.